The van der Waals surface area contributed by atoms with Gasteiger partial charge in [0, 0.05) is 17.2 Å². The van der Waals surface area contributed by atoms with Crippen molar-refractivity contribution in [1.82, 2.24) is 0 Å². The normalized spacial score (nSPS) is 11.3. The van der Waals surface area contributed by atoms with Crippen molar-refractivity contribution in [1.29, 1.82) is 5.26 Å². The number of hydrogen-bond donors (Lipinski definition) is 1. The van der Waals surface area contributed by atoms with Crippen molar-refractivity contribution in [2.75, 3.05) is 18.5 Å². The van der Waals surface area contributed by atoms with Gasteiger partial charge in [-0.25, -0.2) is 0 Å². The van der Waals surface area contributed by atoms with E-state index < -0.39 is 12.0 Å². The van der Waals surface area contributed by atoms with Crippen molar-refractivity contribution in [3.63, 3.8) is 0 Å². The highest BCUT2D eigenvalue weighted by atomic mass is 35.5. The topological polar surface area (TPSA) is 80.6 Å². The molecule has 0 heterocycles. The van der Waals surface area contributed by atoms with E-state index in [0.29, 0.717) is 46.2 Å². The van der Waals surface area contributed by atoms with Crippen molar-refractivity contribution < 1.29 is 19.0 Å². The molecule has 28 heavy (non-hydrogen) atoms. The number of nitrogens with zero attached hydrogens (tertiary/aromatic N) is 1. The first kappa shape index (κ1) is 21.7. The Labute approximate surface area is 173 Å². The van der Waals surface area contributed by atoms with Crippen LogP contribution in [0.4, 0.5) is 5.69 Å². The standard InChI is InChI=1S/C20H20Cl2N2O4/c1-4-26-18-8-13(11-23)16(10-19(18)27-5-2)24-20(25)12(3)28-17-7-6-14(21)9-15(17)22/h6-10,12H,4-5H2,1-3H3,(H,24,25)/t12-/m1/s1. The number of halogens is 2. The van der Waals surface area contributed by atoms with Gasteiger partial charge in [-0.1, -0.05) is 23.2 Å². The lowest BCUT2D eigenvalue weighted by atomic mass is 10.1. The van der Waals surface area contributed by atoms with E-state index >= 15 is 0 Å². The predicted octanol–water partition coefficient (Wildman–Crippen LogP) is 5.07. The van der Waals surface area contributed by atoms with Gasteiger partial charge in [-0.15, -0.1) is 0 Å². The van der Waals surface area contributed by atoms with E-state index in [1.54, 1.807) is 25.1 Å². The van der Waals surface area contributed by atoms with Crippen LogP contribution >= 0.6 is 23.2 Å². The number of carbonyl (C=O) groups excluding carboxylic acids is 1. The summed E-state index contributed by atoms with van der Waals surface area (Å²) in [7, 11) is 0. The first-order valence-corrected chi connectivity index (χ1v) is 9.41. The molecule has 2 aromatic carbocycles. The van der Waals surface area contributed by atoms with Gasteiger partial charge in [-0.2, -0.15) is 5.26 Å². The van der Waals surface area contributed by atoms with Crippen LogP contribution in [-0.4, -0.2) is 25.2 Å². The highest BCUT2D eigenvalue weighted by molar-refractivity contribution is 6.35. The monoisotopic (exact) mass is 422 g/mol. The van der Waals surface area contributed by atoms with Gasteiger partial charge in [0.25, 0.3) is 5.91 Å². The van der Waals surface area contributed by atoms with Gasteiger partial charge < -0.3 is 19.5 Å². The molecule has 0 saturated carbocycles. The number of nitrogens with one attached hydrogen (secondary N) is 1. The Hall–Kier alpha value is -2.62. The zero-order valence-electron chi connectivity index (χ0n) is 15.7. The minimum absolute atomic E-state index is 0.247. The van der Waals surface area contributed by atoms with Crippen LogP contribution in [0.1, 0.15) is 26.3 Å². The summed E-state index contributed by atoms with van der Waals surface area (Å²) in [5.74, 6) is 0.758. The van der Waals surface area contributed by atoms with Crippen LogP contribution in [0.3, 0.4) is 0 Å². The Balaban J connectivity index is 2.21. The third-order valence-corrected chi connectivity index (χ3v) is 4.16. The van der Waals surface area contributed by atoms with Crippen molar-refractivity contribution in [3.8, 4) is 23.3 Å². The molecule has 1 N–H and O–H groups in total. The molecule has 0 bridgehead atoms. The highest BCUT2D eigenvalue weighted by Gasteiger charge is 2.20. The van der Waals surface area contributed by atoms with Crippen molar-refractivity contribution >= 4 is 34.8 Å². The molecule has 0 radical (unpaired) electrons. The maximum Gasteiger partial charge on any atom is 0.265 e. The summed E-state index contributed by atoms with van der Waals surface area (Å²) in [5.41, 5.74) is 0.550. The summed E-state index contributed by atoms with van der Waals surface area (Å²) in [6.45, 7) is 6.07. The molecular weight excluding hydrogens is 403 g/mol. The van der Waals surface area contributed by atoms with Crippen LogP contribution in [0.15, 0.2) is 30.3 Å². The number of nitriles is 1. The van der Waals surface area contributed by atoms with E-state index in [-0.39, 0.29) is 5.56 Å². The van der Waals surface area contributed by atoms with E-state index in [1.165, 1.54) is 12.1 Å². The molecule has 0 aliphatic rings. The third-order valence-electron chi connectivity index (χ3n) is 3.63. The average molecular weight is 423 g/mol. The molecule has 1 amide bonds. The SMILES string of the molecule is CCOc1cc(C#N)c(NC(=O)[C@@H](C)Oc2ccc(Cl)cc2Cl)cc1OCC. The Bertz CT molecular complexity index is 897. The van der Waals surface area contributed by atoms with Gasteiger partial charge in [0.15, 0.2) is 17.6 Å². The second-order valence-electron chi connectivity index (χ2n) is 5.65. The molecule has 6 nitrogen and oxygen atoms in total. The molecule has 0 aliphatic heterocycles. The van der Waals surface area contributed by atoms with Gasteiger partial charge in [-0.05, 0) is 39.0 Å². The van der Waals surface area contributed by atoms with E-state index in [4.69, 9.17) is 37.4 Å². The van der Waals surface area contributed by atoms with Gasteiger partial charge in [0.2, 0.25) is 0 Å². The van der Waals surface area contributed by atoms with Crippen LogP contribution in [0, 0.1) is 11.3 Å². The van der Waals surface area contributed by atoms with E-state index in [9.17, 15) is 10.1 Å². The fourth-order valence-corrected chi connectivity index (χ4v) is 2.79. The Kier molecular flexibility index (Phi) is 7.80. The van der Waals surface area contributed by atoms with Crippen LogP contribution in [-0.2, 0) is 4.79 Å². The summed E-state index contributed by atoms with van der Waals surface area (Å²) in [5, 5.41) is 12.9. The Morgan fingerprint density at radius 2 is 1.75 bits per heavy atom. The smallest absolute Gasteiger partial charge is 0.265 e. The zero-order valence-corrected chi connectivity index (χ0v) is 17.2. The third kappa shape index (κ3) is 5.44. The molecule has 1 atom stereocenters. The Morgan fingerprint density at radius 1 is 1.11 bits per heavy atom. The number of anilines is 1. The summed E-state index contributed by atoms with van der Waals surface area (Å²) in [6.07, 6.45) is -0.868. The van der Waals surface area contributed by atoms with Gasteiger partial charge >= 0.3 is 0 Å². The molecule has 0 saturated heterocycles. The Morgan fingerprint density at radius 3 is 2.32 bits per heavy atom. The predicted molar refractivity (Wildman–Crippen MR) is 109 cm³/mol. The maximum absolute atomic E-state index is 12.6. The fourth-order valence-electron chi connectivity index (χ4n) is 2.34. The quantitative estimate of drug-likeness (QED) is 0.641. The number of amides is 1. The van der Waals surface area contributed by atoms with E-state index in [1.807, 2.05) is 19.9 Å². The molecular formula is C20H20Cl2N2O4. The molecule has 0 unspecified atom stereocenters. The number of hydrogen-bond acceptors (Lipinski definition) is 5. The molecule has 8 heteroatoms. The lowest BCUT2D eigenvalue weighted by molar-refractivity contribution is -0.122. The van der Waals surface area contributed by atoms with Crippen molar-refractivity contribution in [2.24, 2.45) is 0 Å². The zero-order chi connectivity index (χ0) is 20.7. The van der Waals surface area contributed by atoms with Crippen molar-refractivity contribution in [3.05, 3.63) is 45.9 Å². The minimum atomic E-state index is -0.868. The largest absolute Gasteiger partial charge is 0.490 e. The van der Waals surface area contributed by atoms with Gasteiger partial charge in [-0.3, -0.25) is 4.79 Å². The minimum Gasteiger partial charge on any atom is -0.490 e. The summed E-state index contributed by atoms with van der Waals surface area (Å²) >= 11 is 11.9. The summed E-state index contributed by atoms with van der Waals surface area (Å²) < 4.78 is 16.7. The number of benzene rings is 2. The van der Waals surface area contributed by atoms with Gasteiger partial charge in [0.1, 0.15) is 11.8 Å². The highest BCUT2D eigenvalue weighted by Crippen LogP contribution is 2.34. The van der Waals surface area contributed by atoms with E-state index in [2.05, 4.69) is 5.32 Å². The lowest BCUT2D eigenvalue weighted by Crippen LogP contribution is -2.30. The second kappa shape index (κ2) is 10.1. The number of carbonyl (C=O) groups is 1. The molecule has 0 aromatic heterocycles. The van der Waals surface area contributed by atoms with Gasteiger partial charge in [0.05, 0.1) is 29.5 Å². The molecule has 0 spiro atoms. The second-order valence-corrected chi connectivity index (χ2v) is 6.49. The molecule has 0 aliphatic carbocycles. The average Bonchev–Trinajstić information content (AvgIpc) is 2.66. The number of ether oxygens (including phenoxy) is 3. The summed E-state index contributed by atoms with van der Waals surface area (Å²) in [6, 6.07) is 9.86. The molecule has 2 rings (SSSR count). The van der Waals surface area contributed by atoms with Crippen LogP contribution in [0.5, 0.6) is 17.2 Å². The first-order valence-electron chi connectivity index (χ1n) is 8.65. The van der Waals surface area contributed by atoms with E-state index in [0.717, 1.165) is 0 Å². The summed E-state index contributed by atoms with van der Waals surface area (Å²) in [4.78, 5) is 12.6. The number of rotatable bonds is 8. The molecule has 0 fully saturated rings. The van der Waals surface area contributed by atoms with Crippen LogP contribution in [0.25, 0.3) is 0 Å². The van der Waals surface area contributed by atoms with Crippen molar-refractivity contribution in [2.45, 2.75) is 26.9 Å². The molecule has 2 aromatic rings. The fraction of sp³-hybridized carbons (Fsp3) is 0.300. The van der Waals surface area contributed by atoms with Crippen LogP contribution in [0.2, 0.25) is 10.0 Å². The maximum atomic E-state index is 12.6. The molecule has 148 valence electrons. The first-order chi connectivity index (χ1) is 13.4. The van der Waals surface area contributed by atoms with Crippen LogP contribution < -0.4 is 19.5 Å². The lowest BCUT2D eigenvalue weighted by Gasteiger charge is -2.18.